The Morgan fingerprint density at radius 2 is 1.76 bits per heavy atom. The maximum Gasteiger partial charge on any atom is 0.269 e. The van der Waals surface area contributed by atoms with Gasteiger partial charge in [-0.3, -0.25) is 19.6 Å². The van der Waals surface area contributed by atoms with Crippen LogP contribution in [0, 0.1) is 0 Å². The van der Waals surface area contributed by atoms with Gasteiger partial charge in [0.1, 0.15) is 11.5 Å². The van der Waals surface area contributed by atoms with Crippen LogP contribution in [0.4, 0.5) is 0 Å². The first kappa shape index (κ1) is 16.5. The monoisotopic (exact) mass is 339 g/mol. The average molecular weight is 339 g/mol. The van der Waals surface area contributed by atoms with Crippen LogP contribution >= 0.6 is 0 Å². The zero-order chi connectivity index (χ0) is 17.8. The summed E-state index contributed by atoms with van der Waals surface area (Å²) in [4.78, 5) is 24.4. The van der Waals surface area contributed by atoms with Crippen molar-refractivity contribution in [3.05, 3.63) is 60.3 Å². The van der Waals surface area contributed by atoms with Crippen molar-refractivity contribution in [1.29, 1.82) is 0 Å². The first-order valence-corrected chi connectivity index (χ1v) is 7.55. The van der Waals surface area contributed by atoms with Crippen molar-refractivity contribution in [2.45, 2.75) is 0 Å². The number of carbonyl (C=O) groups excluding carboxylic acids is 2. The summed E-state index contributed by atoms with van der Waals surface area (Å²) >= 11 is 0. The summed E-state index contributed by atoms with van der Waals surface area (Å²) in [6.45, 7) is -0.172. The van der Waals surface area contributed by atoms with E-state index in [1.807, 2.05) is 0 Å². The second-order valence-corrected chi connectivity index (χ2v) is 5.26. The van der Waals surface area contributed by atoms with E-state index < -0.39 is 5.91 Å². The van der Waals surface area contributed by atoms with Crippen LogP contribution in [0.2, 0.25) is 0 Å². The van der Waals surface area contributed by atoms with Gasteiger partial charge in [0.25, 0.3) is 11.8 Å². The lowest BCUT2D eigenvalue weighted by atomic mass is 10.2. The number of ether oxygens (including phenoxy) is 2. The number of nitrogens with zero attached hydrogens (tertiary/aromatic N) is 1. The fourth-order valence-corrected chi connectivity index (χ4v) is 2.53. The lowest BCUT2D eigenvalue weighted by Crippen LogP contribution is -2.29. The number of rotatable bonds is 5. The van der Waals surface area contributed by atoms with Gasteiger partial charge in [0.15, 0.2) is 6.61 Å². The van der Waals surface area contributed by atoms with Gasteiger partial charge in [-0.1, -0.05) is 18.2 Å². The lowest BCUT2D eigenvalue weighted by molar-refractivity contribution is 0.0843. The molecule has 0 spiro atoms. The topological polar surface area (TPSA) is 95.6 Å². The van der Waals surface area contributed by atoms with Crippen molar-refractivity contribution in [2.24, 2.45) is 5.84 Å². The van der Waals surface area contributed by atoms with Crippen LogP contribution in [0.5, 0.6) is 11.5 Å². The number of hydrogen-bond donors (Lipinski definition) is 2. The Morgan fingerprint density at radius 1 is 1.08 bits per heavy atom. The van der Waals surface area contributed by atoms with Gasteiger partial charge < -0.3 is 9.47 Å². The molecule has 0 bridgehead atoms. The largest absolute Gasteiger partial charge is 0.497 e. The van der Waals surface area contributed by atoms with E-state index in [1.54, 1.807) is 55.6 Å². The summed E-state index contributed by atoms with van der Waals surface area (Å²) in [6.07, 6.45) is 1.46. The normalized spacial score (nSPS) is 10.5. The first-order chi connectivity index (χ1) is 12.1. The van der Waals surface area contributed by atoms with E-state index in [0.717, 1.165) is 0 Å². The molecule has 0 aliphatic heterocycles. The number of methoxy groups -OCH3 is 1. The number of aromatic nitrogens is 1. The fraction of sp³-hybridized carbons (Fsp3) is 0.111. The molecule has 0 unspecified atom stereocenters. The van der Waals surface area contributed by atoms with Crippen molar-refractivity contribution in [3.63, 3.8) is 0 Å². The predicted octanol–water partition coefficient (Wildman–Crippen LogP) is 1.97. The number of hydrazine groups is 1. The minimum absolute atomic E-state index is 0.172. The third-order valence-corrected chi connectivity index (χ3v) is 3.78. The molecule has 0 aliphatic carbocycles. The highest BCUT2D eigenvalue weighted by Gasteiger charge is 2.17. The molecule has 0 radical (unpaired) electrons. The summed E-state index contributed by atoms with van der Waals surface area (Å²) in [6, 6.07) is 14.0. The molecule has 3 rings (SSSR count). The zero-order valence-electron chi connectivity index (χ0n) is 13.6. The number of nitrogen functional groups attached to an aromatic ring is 1. The maximum absolute atomic E-state index is 12.5. The Hall–Kier alpha value is -3.32. The molecule has 0 saturated carbocycles. The molecule has 2 aromatic carbocycles. The smallest absolute Gasteiger partial charge is 0.269 e. The molecule has 3 N–H and O–H groups in total. The number of para-hydroxylation sites is 1. The minimum Gasteiger partial charge on any atom is -0.497 e. The number of benzene rings is 2. The Kier molecular flexibility index (Phi) is 4.67. The fourth-order valence-electron chi connectivity index (χ4n) is 2.53. The standard InChI is InChI=1S/C18H17N3O4/c1-24-12-6-8-13(9-7-12)25-11-17(22)21-10-15(18(23)20-19)14-4-2-3-5-16(14)21/h2-10H,11,19H2,1H3,(H,20,23). The number of nitrogens with two attached hydrogens (primary N) is 1. The molecular weight excluding hydrogens is 322 g/mol. The van der Waals surface area contributed by atoms with Crippen LogP contribution in [0.15, 0.2) is 54.7 Å². The number of amides is 1. The van der Waals surface area contributed by atoms with Gasteiger partial charge >= 0.3 is 0 Å². The maximum atomic E-state index is 12.5. The second-order valence-electron chi connectivity index (χ2n) is 5.26. The van der Waals surface area contributed by atoms with Crippen LogP contribution in [0.1, 0.15) is 15.2 Å². The summed E-state index contributed by atoms with van der Waals surface area (Å²) in [5.41, 5.74) is 3.03. The molecule has 7 heteroatoms. The third kappa shape index (κ3) is 3.31. The van der Waals surface area contributed by atoms with E-state index in [0.29, 0.717) is 28.0 Å². The zero-order valence-corrected chi connectivity index (χ0v) is 13.6. The molecule has 0 aliphatic rings. The minimum atomic E-state index is -0.459. The average Bonchev–Trinajstić information content (AvgIpc) is 3.05. The van der Waals surface area contributed by atoms with Crippen molar-refractivity contribution < 1.29 is 19.1 Å². The summed E-state index contributed by atoms with van der Waals surface area (Å²) < 4.78 is 12.0. The van der Waals surface area contributed by atoms with E-state index in [-0.39, 0.29) is 12.5 Å². The van der Waals surface area contributed by atoms with Gasteiger partial charge in [-0.2, -0.15) is 0 Å². The number of fused-ring (bicyclic) bond motifs is 1. The molecule has 128 valence electrons. The van der Waals surface area contributed by atoms with Crippen molar-refractivity contribution in [2.75, 3.05) is 13.7 Å². The Bertz CT molecular complexity index is 916. The van der Waals surface area contributed by atoms with Crippen LogP contribution in [-0.2, 0) is 0 Å². The predicted molar refractivity (Wildman–Crippen MR) is 92.7 cm³/mol. The van der Waals surface area contributed by atoms with Crippen LogP contribution < -0.4 is 20.7 Å². The Morgan fingerprint density at radius 3 is 2.44 bits per heavy atom. The highest BCUT2D eigenvalue weighted by Crippen LogP contribution is 2.22. The van der Waals surface area contributed by atoms with E-state index in [9.17, 15) is 9.59 Å². The summed E-state index contributed by atoms with van der Waals surface area (Å²) in [5.74, 6) is 5.70. The van der Waals surface area contributed by atoms with Gasteiger partial charge in [0.2, 0.25) is 0 Å². The molecule has 0 atom stereocenters. The van der Waals surface area contributed by atoms with Gasteiger partial charge in [0, 0.05) is 11.6 Å². The molecule has 0 fully saturated rings. The van der Waals surface area contributed by atoms with E-state index in [2.05, 4.69) is 5.43 Å². The molecule has 1 amide bonds. The molecular formula is C18H17N3O4. The number of carbonyl (C=O) groups is 2. The van der Waals surface area contributed by atoms with Crippen molar-refractivity contribution >= 4 is 22.7 Å². The highest BCUT2D eigenvalue weighted by atomic mass is 16.5. The van der Waals surface area contributed by atoms with Crippen molar-refractivity contribution in [3.8, 4) is 11.5 Å². The van der Waals surface area contributed by atoms with E-state index in [1.165, 1.54) is 10.8 Å². The van der Waals surface area contributed by atoms with Gasteiger partial charge in [0.05, 0.1) is 18.2 Å². The quantitative estimate of drug-likeness (QED) is 0.421. The van der Waals surface area contributed by atoms with Crippen LogP contribution in [0.25, 0.3) is 10.9 Å². The second kappa shape index (κ2) is 7.06. The van der Waals surface area contributed by atoms with E-state index in [4.69, 9.17) is 15.3 Å². The number of hydrogen-bond acceptors (Lipinski definition) is 5. The van der Waals surface area contributed by atoms with Crippen LogP contribution in [-0.4, -0.2) is 30.1 Å². The van der Waals surface area contributed by atoms with Gasteiger partial charge in [-0.25, -0.2) is 5.84 Å². The van der Waals surface area contributed by atoms with Gasteiger partial charge in [-0.15, -0.1) is 0 Å². The summed E-state index contributed by atoms with van der Waals surface area (Å²) in [7, 11) is 1.58. The lowest BCUT2D eigenvalue weighted by Gasteiger charge is -2.07. The highest BCUT2D eigenvalue weighted by molar-refractivity contribution is 6.09. The molecule has 25 heavy (non-hydrogen) atoms. The Balaban J connectivity index is 1.83. The first-order valence-electron chi connectivity index (χ1n) is 7.55. The molecule has 3 aromatic rings. The van der Waals surface area contributed by atoms with E-state index >= 15 is 0 Å². The van der Waals surface area contributed by atoms with Crippen molar-refractivity contribution in [1.82, 2.24) is 9.99 Å². The number of nitrogens with one attached hydrogen (secondary N) is 1. The SMILES string of the molecule is COc1ccc(OCC(=O)n2cc(C(=O)NN)c3ccccc32)cc1. The third-order valence-electron chi connectivity index (χ3n) is 3.78. The van der Waals surface area contributed by atoms with Crippen LogP contribution in [0.3, 0.4) is 0 Å². The molecule has 1 aromatic heterocycles. The summed E-state index contributed by atoms with van der Waals surface area (Å²) in [5, 5.41) is 0.642. The molecule has 0 saturated heterocycles. The molecule has 1 heterocycles. The molecule has 7 nitrogen and oxygen atoms in total. The Labute approximate surface area is 143 Å². The van der Waals surface area contributed by atoms with Gasteiger partial charge in [-0.05, 0) is 30.3 Å².